The molecule has 2 aromatic carbocycles. The molecule has 3 aliphatic heterocycles. The van der Waals surface area contributed by atoms with Gasteiger partial charge >= 0.3 is 34.9 Å². The molecule has 1 fully saturated rings. The second kappa shape index (κ2) is 22.8. The van der Waals surface area contributed by atoms with Crippen LogP contribution in [-0.4, -0.2) is 116 Å². The van der Waals surface area contributed by atoms with Gasteiger partial charge in [0.15, 0.2) is 0 Å². The molecular weight excluding hydrogens is 985 g/mol. The van der Waals surface area contributed by atoms with Gasteiger partial charge in [-0.1, -0.05) is 32.1 Å². The Morgan fingerprint density at radius 3 is 1.70 bits per heavy atom. The van der Waals surface area contributed by atoms with Gasteiger partial charge in [-0.25, -0.2) is 24.5 Å². The van der Waals surface area contributed by atoms with Crippen molar-refractivity contribution >= 4 is 83.7 Å². The molecule has 2 atom stereocenters. The Morgan fingerprint density at radius 1 is 0.746 bits per heavy atom. The molecule has 7 rings (SSSR count). The highest BCUT2D eigenvalue weighted by Gasteiger charge is 2.52. The van der Waals surface area contributed by atoms with Crippen molar-refractivity contribution in [2.24, 2.45) is 11.8 Å². The average molecular weight is 1050 g/mol. The molecule has 5 heterocycles. The average Bonchev–Trinajstić information content (AvgIpc) is 3.92. The van der Waals surface area contributed by atoms with Crippen LogP contribution >= 0.6 is 22.7 Å². The van der Waals surface area contributed by atoms with Gasteiger partial charge in [0.05, 0.1) is 60.6 Å². The first-order valence-corrected chi connectivity index (χ1v) is 26.4. The molecule has 0 bridgehead atoms. The third-order valence-corrected chi connectivity index (χ3v) is 14.6. The molecule has 2 unspecified atom stereocenters. The number of ether oxygens (including phenoxy) is 4. The van der Waals surface area contributed by atoms with Gasteiger partial charge in [-0.3, -0.25) is 4.90 Å². The first-order chi connectivity index (χ1) is 32.8. The van der Waals surface area contributed by atoms with Gasteiger partial charge in [0.1, 0.15) is 11.2 Å². The Labute approximate surface area is 424 Å². The van der Waals surface area contributed by atoms with E-state index < -0.39 is 38.8 Å². The topological polar surface area (TPSA) is 165 Å². The highest BCUT2D eigenvalue weighted by atomic mass is 32.2. The minimum atomic E-state index is -5.84. The lowest BCUT2D eigenvalue weighted by molar-refractivity contribution is -0.0546. The summed E-state index contributed by atoms with van der Waals surface area (Å²) < 4.78 is 98.9. The molecule has 3 aliphatic rings. The number of rotatable bonds is 10. The van der Waals surface area contributed by atoms with E-state index in [2.05, 4.69) is 86.3 Å². The van der Waals surface area contributed by atoms with Gasteiger partial charge in [-0.05, 0) is 130 Å². The third-order valence-electron chi connectivity index (χ3n) is 11.4. The number of carbonyl (C=O) groups is 2. The Balaban J connectivity index is 0.000000200. The number of fused-ring (bicyclic) bond motifs is 2. The second-order valence-electron chi connectivity index (χ2n) is 20.7. The zero-order chi connectivity index (χ0) is 52.9. The van der Waals surface area contributed by atoms with Crippen molar-refractivity contribution in [3.05, 3.63) is 70.0 Å². The molecule has 0 saturated carbocycles. The predicted molar refractivity (Wildman–Crippen MR) is 272 cm³/mol. The first-order valence-electron chi connectivity index (χ1n) is 23.4. The molecule has 0 spiro atoms. The molecule has 15 nitrogen and oxygen atoms in total. The molecule has 0 aliphatic carbocycles. The van der Waals surface area contributed by atoms with E-state index in [0.717, 1.165) is 72.7 Å². The van der Waals surface area contributed by atoms with Crippen LogP contribution in [0.15, 0.2) is 54.4 Å². The zero-order valence-electron chi connectivity index (χ0n) is 43.1. The van der Waals surface area contributed by atoms with Gasteiger partial charge < -0.3 is 32.4 Å². The summed E-state index contributed by atoms with van der Waals surface area (Å²) in [7, 11) is -2.76. The van der Waals surface area contributed by atoms with E-state index in [-0.39, 0.29) is 43.3 Å². The van der Waals surface area contributed by atoms with Crippen molar-refractivity contribution in [2.45, 2.75) is 137 Å². The fraction of sp³-hybridized carbons (Fsp3) is 0.592. The van der Waals surface area contributed by atoms with Gasteiger partial charge in [-0.2, -0.15) is 21.6 Å². The molecule has 4 aromatic rings. The third kappa shape index (κ3) is 15.6. The minimum Gasteiger partial charge on any atom is -0.443 e. The van der Waals surface area contributed by atoms with Crippen LogP contribution < -0.4 is 5.46 Å². The van der Waals surface area contributed by atoms with E-state index in [4.69, 9.17) is 33.2 Å². The van der Waals surface area contributed by atoms with Gasteiger partial charge in [-0.15, -0.1) is 22.7 Å². The van der Waals surface area contributed by atoms with Crippen molar-refractivity contribution in [1.29, 1.82) is 0 Å². The number of methoxy groups -OCH3 is 2. The van der Waals surface area contributed by atoms with E-state index >= 15 is 0 Å². The molecule has 2 aromatic heterocycles. The van der Waals surface area contributed by atoms with Gasteiger partial charge in [0.25, 0.3) is 0 Å². The van der Waals surface area contributed by atoms with E-state index in [9.17, 15) is 31.2 Å². The summed E-state index contributed by atoms with van der Waals surface area (Å²) in [6, 6.07) is 12.5. The number of thiazole rings is 2. The largest absolute Gasteiger partial charge is 0.534 e. The van der Waals surface area contributed by atoms with Crippen molar-refractivity contribution in [3.8, 4) is 0 Å². The fourth-order valence-electron chi connectivity index (χ4n) is 7.12. The summed E-state index contributed by atoms with van der Waals surface area (Å²) in [4.78, 5) is 36.7. The van der Waals surface area contributed by atoms with E-state index in [1.807, 2.05) is 20.8 Å². The summed E-state index contributed by atoms with van der Waals surface area (Å²) in [5, 5.41) is 2.17. The monoisotopic (exact) mass is 1050 g/mol. The Kier molecular flexibility index (Phi) is 18.5. The number of halogens is 3. The SMILES string of the molecule is CC1CC=C(OS(=O)(=O)C(F)(F)F)N(C(=O)OC(C)(C)C)C1.COCCc1nc2cc(B3OC(C)(C)C(C)(C)O3)ccc2s1.COCCc1nc2cc(C3=CCC(C)CN3C(=O)OC(C)(C)C)ccc2s1. The summed E-state index contributed by atoms with van der Waals surface area (Å²) in [5.74, 6) is -0.358. The number of amides is 2. The molecule has 71 heavy (non-hydrogen) atoms. The number of carbonyl (C=O) groups excluding carboxylic acids is 2. The van der Waals surface area contributed by atoms with E-state index in [1.54, 1.807) is 69.5 Å². The highest BCUT2D eigenvalue weighted by molar-refractivity contribution is 7.87. The quantitative estimate of drug-likeness (QED) is 0.0838. The number of hydrogen-bond acceptors (Lipinski definition) is 15. The smallest absolute Gasteiger partial charge is 0.443 e. The van der Waals surface area contributed by atoms with Crippen LogP contribution in [0.2, 0.25) is 0 Å². The van der Waals surface area contributed by atoms with Crippen molar-refractivity contribution < 1.29 is 63.6 Å². The molecule has 0 radical (unpaired) electrons. The van der Waals surface area contributed by atoms with Crippen LogP contribution in [0.3, 0.4) is 0 Å². The Hall–Kier alpha value is -4.32. The maximum Gasteiger partial charge on any atom is 0.534 e. The molecular formula is C49H68BF3N4O11S3. The summed E-state index contributed by atoms with van der Waals surface area (Å²) in [6.45, 7) is 24.6. The van der Waals surface area contributed by atoms with Gasteiger partial charge in [0, 0.05) is 45.7 Å². The molecule has 392 valence electrons. The number of allylic oxidation sites excluding steroid dienone is 2. The molecule has 22 heteroatoms. The number of benzene rings is 2. The minimum absolute atomic E-state index is 0.00583. The van der Waals surface area contributed by atoms with Crippen LogP contribution in [0.4, 0.5) is 22.8 Å². The van der Waals surface area contributed by atoms with Crippen LogP contribution in [0.25, 0.3) is 26.1 Å². The molecule has 2 amide bonds. The van der Waals surface area contributed by atoms with Crippen LogP contribution in [0.5, 0.6) is 0 Å². The normalized spacial score (nSPS) is 19.3. The molecule has 1 saturated heterocycles. The van der Waals surface area contributed by atoms with Gasteiger partial charge in [0.2, 0.25) is 5.88 Å². The van der Waals surface area contributed by atoms with Crippen LogP contribution in [0, 0.1) is 11.8 Å². The van der Waals surface area contributed by atoms with Crippen molar-refractivity contribution in [2.75, 3.05) is 40.5 Å². The van der Waals surface area contributed by atoms with Crippen LogP contribution in [-0.2, 0) is 55.4 Å². The Morgan fingerprint density at radius 2 is 1.21 bits per heavy atom. The lowest BCUT2D eigenvalue weighted by Gasteiger charge is -2.33. The summed E-state index contributed by atoms with van der Waals surface area (Å²) in [6.07, 6.45) is 4.89. The van der Waals surface area contributed by atoms with E-state index in [1.165, 1.54) is 4.70 Å². The Bertz CT molecular complexity index is 2660. The fourth-order valence-corrected chi connectivity index (χ4v) is 9.46. The number of nitrogens with zero attached hydrogens (tertiary/aromatic N) is 4. The predicted octanol–water partition coefficient (Wildman–Crippen LogP) is 10.9. The maximum absolute atomic E-state index is 12.8. The highest BCUT2D eigenvalue weighted by Crippen LogP contribution is 2.37. The van der Waals surface area contributed by atoms with Crippen molar-refractivity contribution in [1.82, 2.24) is 19.8 Å². The number of hydrogen-bond donors (Lipinski definition) is 0. The standard InChI is InChI=1S/C21H28N2O3S.C16H22BNO3S.C12H18F3NO5S/c1-14-6-8-17(23(13-14)20(24)26-21(2,3)4)15-7-9-18-16(12-15)22-19(27-18)10-11-25-5;1-15(2)16(3,4)21-17(20-15)11-6-7-13-12(10-11)18-14(22-13)8-9-19-5;1-8-5-6-9(21-22(18,19)12(13,14)15)16(7-8)10(17)20-11(2,3)4/h7-9,12,14H,6,10-11,13H2,1-5H3;6-7,10H,8-9H2,1-5H3;6,8H,5,7H2,1-4H3. The maximum atomic E-state index is 12.8. The lowest BCUT2D eigenvalue weighted by atomic mass is 9.79. The van der Waals surface area contributed by atoms with E-state index in [0.29, 0.717) is 25.7 Å². The first kappa shape index (κ1) is 57.6. The van der Waals surface area contributed by atoms with Crippen molar-refractivity contribution in [3.63, 3.8) is 0 Å². The summed E-state index contributed by atoms with van der Waals surface area (Å²) >= 11 is 3.41. The second-order valence-corrected chi connectivity index (χ2v) is 24.4. The number of aromatic nitrogens is 2. The summed E-state index contributed by atoms with van der Waals surface area (Å²) in [5.41, 5.74) is -2.71. The lowest BCUT2D eigenvalue weighted by Crippen LogP contribution is -2.42. The molecule has 0 N–H and O–H groups in total. The zero-order valence-corrected chi connectivity index (χ0v) is 45.6. The number of alkyl halides is 3. The van der Waals surface area contributed by atoms with Crippen LogP contribution in [0.1, 0.15) is 112 Å².